The van der Waals surface area contributed by atoms with Gasteiger partial charge in [0.25, 0.3) is 0 Å². The number of nitrogens with one attached hydrogen (secondary N) is 1. The SMILES string of the molecule is CCCc1c(NC)ncnc1N1CCN(CCO)CC1. The molecule has 1 aliphatic heterocycles. The Kier molecular flexibility index (Phi) is 5.55. The van der Waals surface area contributed by atoms with E-state index in [1.807, 2.05) is 7.05 Å². The van der Waals surface area contributed by atoms with Crippen LogP contribution >= 0.6 is 0 Å². The molecule has 0 unspecified atom stereocenters. The van der Waals surface area contributed by atoms with Crippen LogP contribution in [-0.4, -0.2) is 66.4 Å². The van der Waals surface area contributed by atoms with Gasteiger partial charge in [0.15, 0.2) is 0 Å². The highest BCUT2D eigenvalue weighted by molar-refractivity contribution is 5.58. The highest BCUT2D eigenvalue weighted by Crippen LogP contribution is 2.25. The molecule has 6 heteroatoms. The summed E-state index contributed by atoms with van der Waals surface area (Å²) in [5, 5.41) is 12.2. The molecule has 6 nitrogen and oxygen atoms in total. The third-order valence-corrected chi connectivity index (χ3v) is 3.75. The number of piperazine rings is 1. The molecule has 0 spiro atoms. The van der Waals surface area contributed by atoms with Gasteiger partial charge in [0, 0.05) is 45.3 Å². The minimum Gasteiger partial charge on any atom is -0.395 e. The van der Waals surface area contributed by atoms with Gasteiger partial charge in [-0.3, -0.25) is 4.90 Å². The first kappa shape index (κ1) is 15.0. The van der Waals surface area contributed by atoms with E-state index in [4.69, 9.17) is 5.11 Å². The Hall–Kier alpha value is -1.40. The van der Waals surface area contributed by atoms with Gasteiger partial charge in [-0.2, -0.15) is 0 Å². The number of β-amino-alcohol motifs (C(OH)–C–C–N with tert-alkyl or cyclic N) is 1. The van der Waals surface area contributed by atoms with Gasteiger partial charge in [0.1, 0.15) is 18.0 Å². The van der Waals surface area contributed by atoms with Crippen molar-refractivity contribution < 1.29 is 5.11 Å². The van der Waals surface area contributed by atoms with Crippen molar-refractivity contribution in [3.8, 4) is 0 Å². The van der Waals surface area contributed by atoms with E-state index in [1.54, 1.807) is 6.33 Å². The maximum atomic E-state index is 9.00. The van der Waals surface area contributed by atoms with Crippen LogP contribution in [0.4, 0.5) is 11.6 Å². The number of aliphatic hydroxyl groups is 1. The van der Waals surface area contributed by atoms with E-state index in [0.717, 1.165) is 57.2 Å². The number of anilines is 2. The minimum atomic E-state index is 0.235. The lowest BCUT2D eigenvalue weighted by atomic mass is 10.1. The van der Waals surface area contributed by atoms with E-state index in [-0.39, 0.29) is 6.61 Å². The van der Waals surface area contributed by atoms with E-state index in [2.05, 4.69) is 32.0 Å². The fourth-order valence-corrected chi connectivity index (χ4v) is 2.70. The molecule has 2 rings (SSSR count). The van der Waals surface area contributed by atoms with Crippen LogP contribution in [0.3, 0.4) is 0 Å². The van der Waals surface area contributed by atoms with Crippen molar-refractivity contribution in [1.29, 1.82) is 0 Å². The number of nitrogens with zero attached hydrogens (tertiary/aromatic N) is 4. The quantitative estimate of drug-likeness (QED) is 0.794. The average molecular weight is 279 g/mol. The molecule has 0 atom stereocenters. The van der Waals surface area contributed by atoms with Crippen LogP contribution in [0, 0.1) is 0 Å². The van der Waals surface area contributed by atoms with Gasteiger partial charge in [-0.15, -0.1) is 0 Å². The Morgan fingerprint density at radius 2 is 2.00 bits per heavy atom. The van der Waals surface area contributed by atoms with E-state index in [1.165, 1.54) is 5.56 Å². The summed E-state index contributed by atoms with van der Waals surface area (Å²) in [6, 6.07) is 0. The van der Waals surface area contributed by atoms with Gasteiger partial charge in [0.2, 0.25) is 0 Å². The zero-order valence-corrected chi connectivity index (χ0v) is 12.5. The summed E-state index contributed by atoms with van der Waals surface area (Å²) < 4.78 is 0. The van der Waals surface area contributed by atoms with Crippen LogP contribution in [0.2, 0.25) is 0 Å². The number of aliphatic hydroxyl groups excluding tert-OH is 1. The molecule has 2 N–H and O–H groups in total. The molecule has 1 aromatic rings. The minimum absolute atomic E-state index is 0.235. The number of hydrogen-bond acceptors (Lipinski definition) is 6. The van der Waals surface area contributed by atoms with Gasteiger partial charge in [-0.1, -0.05) is 13.3 Å². The van der Waals surface area contributed by atoms with Crippen molar-refractivity contribution >= 4 is 11.6 Å². The van der Waals surface area contributed by atoms with Gasteiger partial charge >= 0.3 is 0 Å². The molecular formula is C14H25N5O. The average Bonchev–Trinajstić information content (AvgIpc) is 2.49. The normalized spacial score (nSPS) is 16.4. The van der Waals surface area contributed by atoms with E-state index in [0.29, 0.717) is 0 Å². The largest absolute Gasteiger partial charge is 0.395 e. The number of aromatic nitrogens is 2. The van der Waals surface area contributed by atoms with Crippen LogP contribution in [0.25, 0.3) is 0 Å². The Balaban J connectivity index is 2.12. The zero-order valence-electron chi connectivity index (χ0n) is 12.5. The molecule has 20 heavy (non-hydrogen) atoms. The second-order valence-corrected chi connectivity index (χ2v) is 5.08. The number of hydrogen-bond donors (Lipinski definition) is 2. The van der Waals surface area contributed by atoms with Crippen LogP contribution in [0.1, 0.15) is 18.9 Å². The van der Waals surface area contributed by atoms with Gasteiger partial charge in [-0.05, 0) is 6.42 Å². The molecule has 1 saturated heterocycles. The maximum Gasteiger partial charge on any atom is 0.137 e. The van der Waals surface area contributed by atoms with E-state index in [9.17, 15) is 0 Å². The smallest absolute Gasteiger partial charge is 0.137 e. The van der Waals surface area contributed by atoms with Crippen molar-refractivity contribution in [3.63, 3.8) is 0 Å². The highest BCUT2D eigenvalue weighted by Gasteiger charge is 2.21. The summed E-state index contributed by atoms with van der Waals surface area (Å²) in [5.41, 5.74) is 1.22. The molecule has 1 aromatic heterocycles. The summed E-state index contributed by atoms with van der Waals surface area (Å²) in [6.07, 6.45) is 3.71. The molecule has 1 aliphatic rings. The molecule has 1 fully saturated rings. The molecule has 0 aliphatic carbocycles. The molecule has 0 amide bonds. The molecule has 0 saturated carbocycles. The van der Waals surface area contributed by atoms with Crippen LogP contribution in [0.15, 0.2) is 6.33 Å². The van der Waals surface area contributed by atoms with Crippen molar-refractivity contribution in [2.24, 2.45) is 0 Å². The zero-order chi connectivity index (χ0) is 14.4. The third-order valence-electron chi connectivity index (χ3n) is 3.75. The summed E-state index contributed by atoms with van der Waals surface area (Å²) >= 11 is 0. The molecule has 0 aromatic carbocycles. The summed E-state index contributed by atoms with van der Waals surface area (Å²) in [7, 11) is 1.91. The lowest BCUT2D eigenvalue weighted by Crippen LogP contribution is -2.47. The maximum absolute atomic E-state index is 9.00. The predicted molar refractivity (Wildman–Crippen MR) is 81.3 cm³/mol. The molecule has 0 radical (unpaired) electrons. The summed E-state index contributed by atoms with van der Waals surface area (Å²) in [4.78, 5) is 13.5. The summed E-state index contributed by atoms with van der Waals surface area (Å²) in [6.45, 7) is 7.04. The van der Waals surface area contributed by atoms with Crippen molar-refractivity contribution in [1.82, 2.24) is 14.9 Å². The van der Waals surface area contributed by atoms with Crippen LogP contribution in [0.5, 0.6) is 0 Å². The third kappa shape index (κ3) is 3.37. The van der Waals surface area contributed by atoms with Gasteiger partial charge in [-0.25, -0.2) is 9.97 Å². The van der Waals surface area contributed by atoms with E-state index >= 15 is 0 Å². The lowest BCUT2D eigenvalue weighted by Gasteiger charge is -2.36. The van der Waals surface area contributed by atoms with Gasteiger partial charge < -0.3 is 15.3 Å². The van der Waals surface area contributed by atoms with Crippen molar-refractivity contribution in [2.75, 3.05) is 56.6 Å². The molecule has 112 valence electrons. The second-order valence-electron chi connectivity index (χ2n) is 5.08. The predicted octanol–water partition coefficient (Wildman–Crippen LogP) is 0.585. The highest BCUT2D eigenvalue weighted by atomic mass is 16.3. The first-order valence-electron chi connectivity index (χ1n) is 7.40. The fourth-order valence-electron chi connectivity index (χ4n) is 2.70. The van der Waals surface area contributed by atoms with E-state index < -0.39 is 0 Å². The lowest BCUT2D eigenvalue weighted by molar-refractivity contribution is 0.188. The Morgan fingerprint density at radius 1 is 1.25 bits per heavy atom. The topological polar surface area (TPSA) is 64.5 Å². The Labute approximate surface area is 120 Å². The molecule has 0 bridgehead atoms. The second kappa shape index (κ2) is 7.40. The monoisotopic (exact) mass is 279 g/mol. The number of rotatable bonds is 6. The molecule has 2 heterocycles. The van der Waals surface area contributed by atoms with Gasteiger partial charge in [0.05, 0.1) is 6.61 Å². The van der Waals surface area contributed by atoms with Crippen LogP contribution in [-0.2, 0) is 6.42 Å². The standard InChI is InChI=1S/C14H25N5O/c1-3-4-12-13(15-2)16-11-17-14(12)19-7-5-18(6-8-19)9-10-20/h11,20H,3-10H2,1-2H3,(H,15,16,17). The first-order chi connectivity index (χ1) is 9.80. The summed E-state index contributed by atoms with van der Waals surface area (Å²) in [5.74, 6) is 2.00. The molecular weight excluding hydrogens is 254 g/mol. The van der Waals surface area contributed by atoms with Crippen LogP contribution < -0.4 is 10.2 Å². The Bertz CT molecular complexity index is 418. The Morgan fingerprint density at radius 3 is 2.60 bits per heavy atom. The first-order valence-corrected chi connectivity index (χ1v) is 7.40. The fraction of sp³-hybridized carbons (Fsp3) is 0.714. The van der Waals surface area contributed by atoms with Crippen molar-refractivity contribution in [2.45, 2.75) is 19.8 Å². The van der Waals surface area contributed by atoms with Crippen molar-refractivity contribution in [3.05, 3.63) is 11.9 Å².